The Morgan fingerprint density at radius 3 is 2.48 bits per heavy atom. The number of rotatable bonds is 4. The van der Waals surface area contributed by atoms with E-state index in [9.17, 15) is 0 Å². The topological polar surface area (TPSA) is 67.3 Å². The van der Waals surface area contributed by atoms with Gasteiger partial charge in [-0.1, -0.05) is 37.1 Å². The first-order valence-corrected chi connectivity index (χ1v) is 12.6. The third-order valence-electron chi connectivity index (χ3n) is 7.98. The van der Waals surface area contributed by atoms with Crippen LogP contribution in [0.4, 0.5) is 0 Å². The molecule has 6 rings (SSSR count). The minimum absolute atomic E-state index is 0.0923. The summed E-state index contributed by atoms with van der Waals surface area (Å²) in [5, 5.41) is 17.5. The van der Waals surface area contributed by atoms with Gasteiger partial charge in [-0.05, 0) is 97.1 Å². The van der Waals surface area contributed by atoms with E-state index in [1.54, 1.807) is 5.56 Å². The smallest absolute Gasteiger partial charge is 0.188 e. The van der Waals surface area contributed by atoms with Crippen LogP contribution in [0.1, 0.15) is 78.1 Å². The predicted octanol–water partition coefficient (Wildman–Crippen LogP) is 7.01. The van der Waals surface area contributed by atoms with E-state index in [-0.39, 0.29) is 6.17 Å². The lowest BCUT2D eigenvalue weighted by Gasteiger charge is -2.32. The molecule has 170 valence electrons. The Bertz CT molecular complexity index is 1220. The third-order valence-corrected chi connectivity index (χ3v) is 7.98. The van der Waals surface area contributed by atoms with Crippen molar-refractivity contribution >= 4 is 11.0 Å². The van der Waals surface area contributed by atoms with Gasteiger partial charge in [-0.3, -0.25) is 0 Å². The van der Waals surface area contributed by atoms with Crippen LogP contribution < -0.4 is 0 Å². The highest BCUT2D eigenvalue weighted by atomic mass is 15.6. The van der Waals surface area contributed by atoms with Crippen LogP contribution >= 0.6 is 0 Å². The van der Waals surface area contributed by atoms with Gasteiger partial charge < -0.3 is 4.57 Å². The largest absolute Gasteiger partial charge is 0.325 e. The van der Waals surface area contributed by atoms with Crippen molar-refractivity contribution in [2.45, 2.75) is 83.8 Å². The standard InChI is InChI=1S/C27H32N6/c1-17-15-18(2)28-27-25(17)23-9-5-6-10-24(23)33(27)16-19-11-13-20(14-12-19)21-7-3-4-8-22(21)26-29-31-32-30-26/h11-15,21-22,26H,3-10,16H2,1-2H3. The average molecular weight is 441 g/mol. The Balaban J connectivity index is 1.32. The monoisotopic (exact) mass is 440 g/mol. The number of aryl methyl sites for hydroxylation is 3. The van der Waals surface area contributed by atoms with Crippen LogP contribution in [0.2, 0.25) is 0 Å². The zero-order chi connectivity index (χ0) is 22.4. The van der Waals surface area contributed by atoms with E-state index in [4.69, 9.17) is 4.98 Å². The van der Waals surface area contributed by atoms with Gasteiger partial charge in [-0.2, -0.15) is 0 Å². The molecule has 0 N–H and O–H groups in total. The van der Waals surface area contributed by atoms with Crippen LogP contribution in [0.3, 0.4) is 0 Å². The van der Waals surface area contributed by atoms with Gasteiger partial charge >= 0.3 is 0 Å². The van der Waals surface area contributed by atoms with Crippen molar-refractivity contribution in [1.29, 1.82) is 0 Å². The summed E-state index contributed by atoms with van der Waals surface area (Å²) in [6.07, 6.45) is 9.69. The van der Waals surface area contributed by atoms with E-state index >= 15 is 0 Å². The van der Waals surface area contributed by atoms with E-state index < -0.39 is 0 Å². The Labute approximate surface area is 195 Å². The molecule has 0 radical (unpaired) electrons. The molecule has 0 amide bonds. The molecule has 1 aromatic carbocycles. The molecule has 0 bridgehead atoms. The lowest BCUT2D eigenvalue weighted by atomic mass is 9.74. The molecule has 0 spiro atoms. The summed E-state index contributed by atoms with van der Waals surface area (Å²) in [5.74, 6) is 0.899. The minimum Gasteiger partial charge on any atom is -0.325 e. The Morgan fingerprint density at radius 1 is 0.909 bits per heavy atom. The van der Waals surface area contributed by atoms with E-state index in [1.807, 2.05) is 0 Å². The average Bonchev–Trinajstić information content (AvgIpc) is 3.47. The number of benzene rings is 1. The Morgan fingerprint density at radius 2 is 1.67 bits per heavy atom. The molecule has 1 fully saturated rings. The molecule has 2 unspecified atom stereocenters. The highest BCUT2D eigenvalue weighted by Gasteiger charge is 2.34. The number of hydrogen-bond acceptors (Lipinski definition) is 5. The van der Waals surface area contributed by atoms with Gasteiger partial charge in [-0.15, -0.1) is 10.2 Å². The molecule has 2 aromatic heterocycles. The van der Waals surface area contributed by atoms with Crippen molar-refractivity contribution in [3.8, 4) is 0 Å². The summed E-state index contributed by atoms with van der Waals surface area (Å²) in [5.41, 5.74) is 9.45. The third kappa shape index (κ3) is 3.69. The summed E-state index contributed by atoms with van der Waals surface area (Å²) in [4.78, 5) is 5.01. The van der Waals surface area contributed by atoms with E-state index in [0.29, 0.717) is 11.8 Å². The SMILES string of the molecule is Cc1cc(C)c2c3c(n(Cc4ccc(C5CCCCC5C5N=NN=N5)cc4)c2n1)CCCC3. The van der Waals surface area contributed by atoms with Crippen molar-refractivity contribution in [3.05, 3.63) is 64.0 Å². The zero-order valence-electron chi connectivity index (χ0n) is 19.7. The lowest BCUT2D eigenvalue weighted by Crippen LogP contribution is -2.26. The highest BCUT2D eigenvalue weighted by Crippen LogP contribution is 2.42. The summed E-state index contributed by atoms with van der Waals surface area (Å²) in [6, 6.07) is 11.6. The molecule has 33 heavy (non-hydrogen) atoms. The fourth-order valence-corrected chi connectivity index (χ4v) is 6.47. The first kappa shape index (κ1) is 20.7. The van der Waals surface area contributed by atoms with Gasteiger partial charge in [0.15, 0.2) is 6.17 Å². The predicted molar refractivity (Wildman–Crippen MR) is 130 cm³/mol. The highest BCUT2D eigenvalue weighted by molar-refractivity contribution is 5.86. The fraction of sp³-hybridized carbons (Fsp3) is 0.519. The summed E-state index contributed by atoms with van der Waals surface area (Å²) in [6.45, 7) is 5.25. The van der Waals surface area contributed by atoms with Crippen molar-refractivity contribution in [3.63, 3.8) is 0 Å². The quantitative estimate of drug-likeness (QED) is 0.430. The minimum atomic E-state index is -0.0923. The molecule has 6 nitrogen and oxygen atoms in total. The van der Waals surface area contributed by atoms with Crippen LogP contribution in [-0.2, 0) is 19.4 Å². The van der Waals surface area contributed by atoms with Crippen molar-refractivity contribution < 1.29 is 0 Å². The van der Waals surface area contributed by atoms with Gasteiger partial charge in [0.2, 0.25) is 0 Å². The number of fused-ring (bicyclic) bond motifs is 3. The van der Waals surface area contributed by atoms with E-state index in [1.165, 1.54) is 71.9 Å². The van der Waals surface area contributed by atoms with Gasteiger partial charge in [0.05, 0.1) is 0 Å². The fourth-order valence-electron chi connectivity index (χ4n) is 6.47. The molecule has 2 aliphatic carbocycles. The molecular formula is C27H32N6. The lowest BCUT2D eigenvalue weighted by molar-refractivity contribution is 0.265. The van der Waals surface area contributed by atoms with Gasteiger partial charge in [0, 0.05) is 29.2 Å². The van der Waals surface area contributed by atoms with E-state index in [2.05, 4.69) is 69.4 Å². The molecule has 3 aliphatic rings. The summed E-state index contributed by atoms with van der Waals surface area (Å²) >= 11 is 0. The first-order chi connectivity index (χ1) is 16.2. The molecule has 2 atom stereocenters. The van der Waals surface area contributed by atoms with Crippen molar-refractivity contribution in [2.75, 3.05) is 0 Å². The summed E-state index contributed by atoms with van der Waals surface area (Å²) in [7, 11) is 0. The first-order valence-electron chi connectivity index (χ1n) is 12.6. The zero-order valence-corrected chi connectivity index (χ0v) is 19.7. The molecule has 3 aromatic rings. The maximum Gasteiger partial charge on any atom is 0.188 e. The molecule has 0 saturated heterocycles. The molecule has 3 heterocycles. The Hall–Kier alpha value is -2.89. The second-order valence-corrected chi connectivity index (χ2v) is 10.1. The molecular weight excluding hydrogens is 408 g/mol. The second kappa shape index (κ2) is 8.47. The van der Waals surface area contributed by atoms with Crippen molar-refractivity contribution in [2.24, 2.45) is 26.6 Å². The number of hydrogen-bond donors (Lipinski definition) is 0. The summed E-state index contributed by atoms with van der Waals surface area (Å²) < 4.78 is 2.50. The molecule has 1 aliphatic heterocycles. The number of aromatic nitrogens is 2. The van der Waals surface area contributed by atoms with E-state index in [0.717, 1.165) is 25.1 Å². The number of nitrogens with zero attached hydrogens (tertiary/aromatic N) is 6. The van der Waals surface area contributed by atoms with Gasteiger partial charge in [-0.25, -0.2) is 4.98 Å². The van der Waals surface area contributed by atoms with Gasteiger partial charge in [0.1, 0.15) is 5.65 Å². The maximum atomic E-state index is 5.01. The molecule has 1 saturated carbocycles. The van der Waals surface area contributed by atoms with Crippen molar-refractivity contribution in [1.82, 2.24) is 9.55 Å². The van der Waals surface area contributed by atoms with Crippen LogP contribution in [0, 0.1) is 19.8 Å². The van der Waals surface area contributed by atoms with Crippen LogP contribution in [0.15, 0.2) is 51.0 Å². The second-order valence-electron chi connectivity index (χ2n) is 10.1. The van der Waals surface area contributed by atoms with Crippen LogP contribution in [0.5, 0.6) is 0 Å². The normalized spacial score (nSPS) is 22.8. The Kier molecular flexibility index (Phi) is 5.31. The van der Waals surface area contributed by atoms with Crippen LogP contribution in [0.25, 0.3) is 11.0 Å². The maximum absolute atomic E-state index is 5.01. The van der Waals surface area contributed by atoms with Gasteiger partial charge in [0.25, 0.3) is 0 Å². The molecule has 6 heteroatoms. The van der Waals surface area contributed by atoms with Crippen LogP contribution in [-0.4, -0.2) is 15.7 Å². The number of pyridine rings is 1.